The number of amidine groups is 2. The summed E-state index contributed by atoms with van der Waals surface area (Å²) in [5.41, 5.74) is 13.5. The molecule has 0 saturated heterocycles. The molecule has 2 aliphatic rings. The molecule has 2 aromatic rings. The number of thiophene rings is 2. The van der Waals surface area contributed by atoms with Gasteiger partial charge in [0.2, 0.25) is 5.91 Å². The summed E-state index contributed by atoms with van der Waals surface area (Å²) in [6, 6.07) is 3.73. The summed E-state index contributed by atoms with van der Waals surface area (Å²) >= 11 is 9.75. The Morgan fingerprint density at radius 2 is 1.40 bits per heavy atom. The van der Waals surface area contributed by atoms with Crippen LogP contribution < -0.4 is 22.1 Å². The molecule has 2 aliphatic heterocycles. The van der Waals surface area contributed by atoms with Gasteiger partial charge in [0.25, 0.3) is 0 Å². The number of hydrogen-bond acceptors (Lipinski definition) is 11. The number of nitrogens with zero attached hydrogens (tertiary/aromatic N) is 3. The van der Waals surface area contributed by atoms with Gasteiger partial charge < -0.3 is 36.8 Å². The van der Waals surface area contributed by atoms with E-state index in [4.69, 9.17) is 21.3 Å². The van der Waals surface area contributed by atoms with E-state index >= 15 is 0 Å². The van der Waals surface area contributed by atoms with Gasteiger partial charge in [0.1, 0.15) is 17.3 Å². The van der Waals surface area contributed by atoms with Crippen molar-refractivity contribution < 1.29 is 24.2 Å². The maximum Gasteiger partial charge on any atom is 0.407 e. The Hall–Kier alpha value is -3.05. The van der Waals surface area contributed by atoms with E-state index in [1.54, 1.807) is 6.08 Å². The molecular weight excluding hydrogens is 834 g/mol. The van der Waals surface area contributed by atoms with E-state index in [-0.39, 0.29) is 17.9 Å². The van der Waals surface area contributed by atoms with Gasteiger partial charge >= 0.3 is 12.1 Å². The van der Waals surface area contributed by atoms with Crippen LogP contribution in [-0.4, -0.2) is 78.0 Å². The van der Waals surface area contributed by atoms with Crippen molar-refractivity contribution in [1.29, 1.82) is 0 Å². The van der Waals surface area contributed by atoms with Crippen molar-refractivity contribution in [3.8, 4) is 0 Å². The van der Waals surface area contributed by atoms with Gasteiger partial charge in [-0.05, 0) is 116 Å². The fourth-order valence-electron chi connectivity index (χ4n) is 4.75. The van der Waals surface area contributed by atoms with Crippen LogP contribution in [0, 0.1) is 0 Å². The van der Waals surface area contributed by atoms with E-state index in [1.807, 2.05) is 50.8 Å². The van der Waals surface area contributed by atoms with Crippen LogP contribution in [0.5, 0.6) is 0 Å². The number of rotatable bonds is 13. The lowest BCUT2D eigenvalue weighted by Crippen LogP contribution is -2.37. The smallest absolute Gasteiger partial charge is 0.407 e. The lowest BCUT2D eigenvalue weighted by atomic mass is 10.1. The van der Waals surface area contributed by atoms with Crippen molar-refractivity contribution >= 4 is 108 Å². The molecule has 0 spiro atoms. The van der Waals surface area contributed by atoms with Crippen LogP contribution in [0.3, 0.4) is 0 Å². The van der Waals surface area contributed by atoms with Crippen LogP contribution in [-0.2, 0) is 14.3 Å². The van der Waals surface area contributed by atoms with Gasteiger partial charge in [-0.3, -0.25) is 4.79 Å². The maximum absolute atomic E-state index is 13.1. The monoisotopic (exact) mass is 885 g/mol. The first kappa shape index (κ1) is 45.1. The molecule has 12 nitrogen and oxygen atoms in total. The second-order valence-corrected chi connectivity index (χ2v) is 17.9. The highest BCUT2D eigenvalue weighted by Crippen LogP contribution is 2.38. The third-order valence-electron chi connectivity index (χ3n) is 7.04. The van der Waals surface area contributed by atoms with Gasteiger partial charge in [-0.15, -0.1) is 22.7 Å². The summed E-state index contributed by atoms with van der Waals surface area (Å²) < 4.78 is 7.08. The van der Waals surface area contributed by atoms with E-state index in [9.17, 15) is 14.4 Å². The summed E-state index contributed by atoms with van der Waals surface area (Å²) in [5.74, 6) is -0.241. The minimum absolute atomic E-state index is 0.0420. The standard InChI is InChI=1S/C20H29BrN4O3S.C9H7BrN2O2S.C7H17N/c1-5-8-25(9-6-7-23-19(27)28-20(2,3)4)18(26)13-10-15-14(12-16(21)29-15)24-17(22)11-13;10-7-3-5-6(15-7)1-4(9(13)14)2-8(11)12-5;1-3-5-7-8-6-4-2/h10,12H,5-9,11H2,1-4H3,(H2,22,24)(H,23,27);1,3H,2H2,(H2,11,12)(H,13,14);8H,3-7H2,1-2H3. The van der Waals surface area contributed by atoms with Gasteiger partial charge in [0.05, 0.1) is 28.7 Å². The largest absolute Gasteiger partial charge is 0.478 e. The molecule has 2 aromatic heterocycles. The first-order valence-corrected chi connectivity index (χ1v) is 20.6. The Kier molecular flexibility index (Phi) is 19.9. The molecular formula is C36H53Br2N7O5S2. The van der Waals surface area contributed by atoms with E-state index in [0.29, 0.717) is 49.7 Å². The molecule has 0 aromatic carbocycles. The van der Waals surface area contributed by atoms with E-state index in [1.165, 1.54) is 55.0 Å². The number of amides is 2. The molecule has 0 saturated carbocycles. The van der Waals surface area contributed by atoms with E-state index in [2.05, 4.69) is 66.3 Å². The average molecular weight is 888 g/mol. The second-order valence-electron chi connectivity index (χ2n) is 13.0. The molecule has 288 valence electrons. The van der Waals surface area contributed by atoms with Crippen molar-refractivity contribution in [2.45, 2.75) is 92.1 Å². The zero-order valence-electron chi connectivity index (χ0n) is 30.9. The van der Waals surface area contributed by atoms with Gasteiger partial charge in [0, 0.05) is 43.6 Å². The highest BCUT2D eigenvalue weighted by Gasteiger charge is 2.23. The topological polar surface area (TPSA) is 185 Å². The van der Waals surface area contributed by atoms with Crippen molar-refractivity contribution in [1.82, 2.24) is 15.5 Å². The zero-order valence-corrected chi connectivity index (χ0v) is 35.7. The number of carbonyl (C=O) groups excluding carboxylic acids is 2. The molecule has 0 radical (unpaired) electrons. The van der Waals surface area contributed by atoms with Crippen LogP contribution in [0.1, 0.15) is 96.2 Å². The number of aliphatic carboxylic acids is 1. The summed E-state index contributed by atoms with van der Waals surface area (Å²) in [6.07, 6.45) is 8.93. The summed E-state index contributed by atoms with van der Waals surface area (Å²) in [7, 11) is 0. The lowest BCUT2D eigenvalue weighted by molar-refractivity contribution is -0.132. The number of aliphatic imine (C=N–C) groups is 2. The molecule has 0 bridgehead atoms. The van der Waals surface area contributed by atoms with Gasteiger partial charge in [-0.25, -0.2) is 19.6 Å². The average Bonchev–Trinajstić information content (AvgIpc) is 3.46. The van der Waals surface area contributed by atoms with E-state index < -0.39 is 17.7 Å². The van der Waals surface area contributed by atoms with Crippen molar-refractivity contribution in [2.75, 3.05) is 32.7 Å². The Bertz CT molecular complexity index is 1620. The number of carboxylic acid groups (broad SMARTS) is 1. The molecule has 4 rings (SSSR count). The number of carbonyl (C=O) groups is 3. The highest BCUT2D eigenvalue weighted by atomic mass is 79.9. The summed E-state index contributed by atoms with van der Waals surface area (Å²) in [6.45, 7) is 15.9. The predicted octanol–water partition coefficient (Wildman–Crippen LogP) is 8.60. The molecule has 52 heavy (non-hydrogen) atoms. The molecule has 0 unspecified atom stereocenters. The number of nitrogens with one attached hydrogen (secondary N) is 2. The Balaban J connectivity index is 0.000000335. The SMILES string of the molecule is CCCCNCCC.CCCN(CCCNC(=O)OC(C)(C)C)C(=O)C1=Cc2sc(Br)cc2N=C(N)C1.NC1=Nc2cc(Br)sc2C=C(C(=O)O)C1. The third kappa shape index (κ3) is 16.7. The fourth-order valence-corrected chi connectivity index (χ4v) is 7.81. The molecule has 4 heterocycles. The second kappa shape index (κ2) is 22.9. The molecule has 16 heteroatoms. The number of alkyl carbamates (subject to hydrolysis) is 1. The molecule has 2 amide bonds. The number of halogens is 2. The van der Waals surface area contributed by atoms with Gasteiger partial charge in [-0.1, -0.05) is 27.2 Å². The van der Waals surface area contributed by atoms with Crippen LogP contribution in [0.15, 0.2) is 40.8 Å². The van der Waals surface area contributed by atoms with Crippen molar-refractivity contribution in [3.05, 3.63) is 40.6 Å². The minimum atomic E-state index is -0.953. The number of nitrogens with two attached hydrogens (primary N) is 2. The number of carboxylic acids is 1. The third-order valence-corrected chi connectivity index (χ3v) is 10.2. The number of unbranched alkanes of at least 4 members (excludes halogenated alkanes) is 1. The maximum atomic E-state index is 13.1. The first-order chi connectivity index (χ1) is 24.6. The quantitative estimate of drug-likeness (QED) is 0.124. The zero-order chi connectivity index (χ0) is 38.8. The lowest BCUT2D eigenvalue weighted by Gasteiger charge is -2.24. The van der Waals surface area contributed by atoms with Gasteiger partial charge in [-0.2, -0.15) is 0 Å². The number of ether oxygens (including phenoxy) is 1. The minimum Gasteiger partial charge on any atom is -0.478 e. The van der Waals surface area contributed by atoms with Crippen LogP contribution in [0.4, 0.5) is 16.2 Å². The molecule has 7 N–H and O–H groups in total. The predicted molar refractivity (Wildman–Crippen MR) is 223 cm³/mol. The Labute approximate surface area is 332 Å². The highest BCUT2D eigenvalue weighted by molar-refractivity contribution is 9.11. The van der Waals surface area contributed by atoms with Crippen LogP contribution in [0.25, 0.3) is 12.2 Å². The Morgan fingerprint density at radius 3 is 1.90 bits per heavy atom. The van der Waals surface area contributed by atoms with Crippen LogP contribution >= 0.6 is 54.5 Å². The molecule has 0 atom stereocenters. The first-order valence-electron chi connectivity index (χ1n) is 17.4. The number of fused-ring (bicyclic) bond motifs is 2. The van der Waals surface area contributed by atoms with Crippen LogP contribution in [0.2, 0.25) is 0 Å². The molecule has 0 aliphatic carbocycles. The Morgan fingerprint density at radius 1 is 0.846 bits per heavy atom. The summed E-state index contributed by atoms with van der Waals surface area (Å²) in [4.78, 5) is 47.9. The normalized spacial score (nSPS) is 13.5. The van der Waals surface area contributed by atoms with Gasteiger partial charge in [0.15, 0.2) is 0 Å². The van der Waals surface area contributed by atoms with Crippen molar-refractivity contribution in [2.24, 2.45) is 21.5 Å². The molecule has 0 fully saturated rings. The van der Waals surface area contributed by atoms with E-state index in [0.717, 1.165) is 35.1 Å². The number of hydrogen-bond donors (Lipinski definition) is 5. The summed E-state index contributed by atoms with van der Waals surface area (Å²) in [5, 5.41) is 15.0. The fraction of sp³-hybridized carbons (Fsp3) is 0.528. The van der Waals surface area contributed by atoms with Crippen molar-refractivity contribution in [3.63, 3.8) is 0 Å².